The molecule has 0 heterocycles. The summed E-state index contributed by atoms with van der Waals surface area (Å²) < 4.78 is 0.453. The number of thiol groups is 1. The van der Waals surface area contributed by atoms with Gasteiger partial charge in [-0.3, -0.25) is 0 Å². The molecule has 0 aliphatic rings. The molecule has 0 nitrogen and oxygen atoms in total. The van der Waals surface area contributed by atoms with E-state index >= 15 is 0 Å². The second-order valence-corrected chi connectivity index (χ2v) is 5.14. The molecule has 66 valence electrons. The maximum Gasteiger partial charge on any atom is 0.0849 e. The molecule has 0 fully saturated rings. The summed E-state index contributed by atoms with van der Waals surface area (Å²) in [5.41, 5.74) is 2.65. The molecule has 0 bridgehead atoms. The molecule has 0 amide bonds. The van der Waals surface area contributed by atoms with Crippen molar-refractivity contribution in [1.82, 2.24) is 0 Å². The van der Waals surface area contributed by atoms with E-state index in [0.29, 0.717) is 4.58 Å². The van der Waals surface area contributed by atoms with Gasteiger partial charge in [0.1, 0.15) is 0 Å². The van der Waals surface area contributed by atoms with Gasteiger partial charge in [-0.1, -0.05) is 40.6 Å². The fourth-order valence-electron chi connectivity index (χ4n) is 0.964. The number of hydrogen-bond donors (Lipinski definition) is 1. The fourth-order valence-corrected chi connectivity index (χ4v) is 3.16. The van der Waals surface area contributed by atoms with Crippen LogP contribution in [0.3, 0.4) is 0 Å². The lowest BCUT2D eigenvalue weighted by Crippen LogP contribution is -1.85. The number of thioether (sulfide) groups is 1. The van der Waals surface area contributed by atoms with Crippen molar-refractivity contribution in [2.75, 3.05) is 6.26 Å². The first-order valence-corrected chi connectivity index (χ1v) is 6.89. The highest BCUT2D eigenvalue weighted by atomic mass is 33.1. The van der Waals surface area contributed by atoms with Gasteiger partial charge in [0, 0.05) is 0 Å². The van der Waals surface area contributed by atoms with Gasteiger partial charge in [-0.15, -0.1) is 23.4 Å². The second kappa shape index (κ2) is 5.10. The van der Waals surface area contributed by atoms with E-state index in [1.807, 2.05) is 11.8 Å². The first kappa shape index (κ1) is 10.4. The second-order valence-electron chi connectivity index (χ2n) is 2.58. The van der Waals surface area contributed by atoms with E-state index in [2.05, 4.69) is 49.1 Å². The standard InChI is InChI=1S/C9H12S3/c1-7-3-5-8(6-4-7)9(11-2)12-10/h3-6,9-10H,1-2H3. The van der Waals surface area contributed by atoms with Crippen molar-refractivity contribution in [1.29, 1.82) is 0 Å². The zero-order valence-corrected chi connectivity index (χ0v) is 9.68. The van der Waals surface area contributed by atoms with Crippen LogP contribution in [0, 0.1) is 6.92 Å². The minimum Gasteiger partial charge on any atom is -0.145 e. The molecule has 1 aromatic rings. The molecule has 12 heavy (non-hydrogen) atoms. The number of benzene rings is 1. The van der Waals surface area contributed by atoms with Gasteiger partial charge in [0.25, 0.3) is 0 Å². The Hall–Kier alpha value is 0.270. The van der Waals surface area contributed by atoms with Gasteiger partial charge in [0.05, 0.1) is 4.58 Å². The van der Waals surface area contributed by atoms with Crippen molar-refractivity contribution >= 4 is 34.2 Å². The largest absolute Gasteiger partial charge is 0.145 e. The van der Waals surface area contributed by atoms with Gasteiger partial charge in [0.15, 0.2) is 0 Å². The highest BCUT2D eigenvalue weighted by Gasteiger charge is 2.07. The lowest BCUT2D eigenvalue weighted by molar-refractivity contribution is 1.35. The molecule has 1 aromatic carbocycles. The van der Waals surface area contributed by atoms with E-state index in [-0.39, 0.29) is 0 Å². The Labute approximate surface area is 87.3 Å². The molecule has 3 heteroatoms. The minimum absolute atomic E-state index is 0.453. The molecule has 1 atom stereocenters. The van der Waals surface area contributed by atoms with Crippen LogP contribution in [0.4, 0.5) is 0 Å². The molecule has 0 aliphatic carbocycles. The highest BCUT2D eigenvalue weighted by molar-refractivity contribution is 8.70. The fraction of sp³-hybridized carbons (Fsp3) is 0.333. The summed E-state index contributed by atoms with van der Waals surface area (Å²) in [6.07, 6.45) is 2.10. The summed E-state index contributed by atoms with van der Waals surface area (Å²) >= 11 is 6.04. The SMILES string of the molecule is CSC(SS)c1ccc(C)cc1. The van der Waals surface area contributed by atoms with Crippen molar-refractivity contribution in [3.05, 3.63) is 35.4 Å². The van der Waals surface area contributed by atoms with E-state index in [0.717, 1.165) is 0 Å². The third kappa shape index (κ3) is 2.64. The molecular weight excluding hydrogens is 204 g/mol. The average Bonchev–Trinajstić information content (AvgIpc) is 2.10. The van der Waals surface area contributed by atoms with E-state index in [1.165, 1.54) is 11.1 Å². The summed E-state index contributed by atoms with van der Waals surface area (Å²) in [5.74, 6) is 0. The third-order valence-corrected chi connectivity index (χ3v) is 4.75. The Morgan fingerprint density at radius 2 is 1.83 bits per heavy atom. The number of hydrogen-bond acceptors (Lipinski definition) is 3. The third-order valence-electron chi connectivity index (χ3n) is 1.66. The van der Waals surface area contributed by atoms with Crippen molar-refractivity contribution in [2.45, 2.75) is 11.5 Å². The Kier molecular flexibility index (Phi) is 4.40. The molecule has 1 rings (SSSR count). The van der Waals surface area contributed by atoms with Gasteiger partial charge in [-0.05, 0) is 18.7 Å². The zero-order valence-electron chi connectivity index (χ0n) is 7.15. The van der Waals surface area contributed by atoms with E-state index in [4.69, 9.17) is 0 Å². The molecule has 0 aliphatic heterocycles. The normalized spacial score (nSPS) is 12.9. The van der Waals surface area contributed by atoms with Crippen LogP contribution >= 0.6 is 34.2 Å². The summed E-state index contributed by atoms with van der Waals surface area (Å²) in [5, 5.41) is 0. The number of aryl methyl sites for hydroxylation is 1. The molecule has 0 N–H and O–H groups in total. The van der Waals surface area contributed by atoms with Crippen molar-refractivity contribution in [2.24, 2.45) is 0 Å². The van der Waals surface area contributed by atoms with Crippen molar-refractivity contribution in [3.63, 3.8) is 0 Å². The van der Waals surface area contributed by atoms with Crippen molar-refractivity contribution in [3.8, 4) is 0 Å². The molecule has 0 saturated heterocycles. The molecule has 0 saturated carbocycles. The van der Waals surface area contributed by atoms with Crippen LogP contribution in [0.2, 0.25) is 0 Å². The van der Waals surface area contributed by atoms with Crippen LogP contribution in [-0.4, -0.2) is 6.26 Å². The van der Waals surface area contributed by atoms with Crippen LogP contribution in [0.5, 0.6) is 0 Å². The molecular formula is C9H12S3. The quantitative estimate of drug-likeness (QED) is 0.462. The monoisotopic (exact) mass is 216 g/mol. The predicted octanol–water partition coefficient (Wildman–Crippen LogP) is 3.93. The summed E-state index contributed by atoms with van der Waals surface area (Å²) in [7, 11) is 1.59. The summed E-state index contributed by atoms with van der Waals surface area (Å²) in [6, 6.07) is 8.62. The minimum atomic E-state index is 0.453. The van der Waals surface area contributed by atoms with Gasteiger partial charge in [0.2, 0.25) is 0 Å². The van der Waals surface area contributed by atoms with Crippen molar-refractivity contribution < 1.29 is 0 Å². The lowest BCUT2D eigenvalue weighted by Gasteiger charge is -2.10. The summed E-state index contributed by atoms with van der Waals surface area (Å²) in [4.78, 5) is 0. The first-order chi connectivity index (χ1) is 5.77. The van der Waals surface area contributed by atoms with Crippen LogP contribution in [0.25, 0.3) is 0 Å². The van der Waals surface area contributed by atoms with Gasteiger partial charge in [-0.25, -0.2) is 0 Å². The Morgan fingerprint density at radius 3 is 2.25 bits per heavy atom. The first-order valence-electron chi connectivity index (χ1n) is 3.67. The number of rotatable bonds is 3. The van der Waals surface area contributed by atoms with Gasteiger partial charge >= 0.3 is 0 Å². The lowest BCUT2D eigenvalue weighted by atomic mass is 10.2. The Morgan fingerprint density at radius 1 is 1.25 bits per heavy atom. The summed E-state index contributed by atoms with van der Waals surface area (Å²) in [6.45, 7) is 2.10. The topological polar surface area (TPSA) is 0 Å². The molecule has 0 aromatic heterocycles. The Balaban J connectivity index is 2.80. The highest BCUT2D eigenvalue weighted by Crippen LogP contribution is 2.39. The van der Waals surface area contributed by atoms with Crippen LogP contribution in [0.1, 0.15) is 15.7 Å². The van der Waals surface area contributed by atoms with Gasteiger partial charge in [-0.2, -0.15) is 0 Å². The molecule has 0 radical (unpaired) electrons. The van der Waals surface area contributed by atoms with Crippen LogP contribution < -0.4 is 0 Å². The van der Waals surface area contributed by atoms with E-state index in [1.54, 1.807) is 10.8 Å². The van der Waals surface area contributed by atoms with Crippen LogP contribution in [-0.2, 0) is 0 Å². The smallest absolute Gasteiger partial charge is 0.0849 e. The predicted molar refractivity (Wildman–Crippen MR) is 64.0 cm³/mol. The van der Waals surface area contributed by atoms with Gasteiger partial charge < -0.3 is 0 Å². The van der Waals surface area contributed by atoms with E-state index < -0.39 is 0 Å². The average molecular weight is 216 g/mol. The zero-order chi connectivity index (χ0) is 8.97. The Bertz CT molecular complexity index is 226. The maximum atomic E-state index is 4.23. The molecule has 1 unspecified atom stereocenters. The maximum absolute atomic E-state index is 4.23. The molecule has 0 spiro atoms. The van der Waals surface area contributed by atoms with Crippen LogP contribution in [0.15, 0.2) is 24.3 Å². The van der Waals surface area contributed by atoms with E-state index in [9.17, 15) is 0 Å².